The van der Waals surface area contributed by atoms with Crippen LogP contribution in [-0.4, -0.2) is 15.6 Å². The molecule has 1 saturated carbocycles. The van der Waals surface area contributed by atoms with E-state index in [2.05, 4.69) is 5.10 Å². The molecule has 0 saturated heterocycles. The van der Waals surface area contributed by atoms with Gasteiger partial charge in [0.2, 0.25) is 0 Å². The Balaban J connectivity index is 1.66. The van der Waals surface area contributed by atoms with Crippen LogP contribution in [0, 0.1) is 5.92 Å². The Kier molecular flexibility index (Phi) is 4.49. The molecule has 110 valence electrons. The van der Waals surface area contributed by atoms with E-state index in [1.165, 1.54) is 32.1 Å². The summed E-state index contributed by atoms with van der Waals surface area (Å²) in [5, 5.41) is 4.30. The van der Waals surface area contributed by atoms with Gasteiger partial charge in [-0.25, -0.2) is 4.68 Å². The summed E-state index contributed by atoms with van der Waals surface area (Å²) in [5.74, 6) is 0.956. The van der Waals surface area contributed by atoms with Crippen molar-refractivity contribution in [3.8, 4) is 5.69 Å². The van der Waals surface area contributed by atoms with Crippen LogP contribution in [0.5, 0.6) is 0 Å². The number of hydrogen-bond donors (Lipinski definition) is 0. The third-order valence-electron chi connectivity index (χ3n) is 4.43. The summed E-state index contributed by atoms with van der Waals surface area (Å²) in [7, 11) is 0. The average Bonchev–Trinajstić information content (AvgIpc) is 3.04. The SMILES string of the molecule is O=C(CCC1CCCCC1)c1ccnn1-c1ccccc1. The van der Waals surface area contributed by atoms with Crippen LogP contribution < -0.4 is 0 Å². The molecule has 0 aliphatic heterocycles. The van der Waals surface area contributed by atoms with Crippen molar-refractivity contribution >= 4 is 5.78 Å². The monoisotopic (exact) mass is 282 g/mol. The molecule has 1 heterocycles. The number of carbonyl (C=O) groups is 1. The first-order chi connectivity index (χ1) is 10.3. The molecule has 1 fully saturated rings. The van der Waals surface area contributed by atoms with Gasteiger partial charge >= 0.3 is 0 Å². The zero-order valence-corrected chi connectivity index (χ0v) is 12.4. The minimum atomic E-state index is 0.210. The quantitative estimate of drug-likeness (QED) is 0.761. The summed E-state index contributed by atoms with van der Waals surface area (Å²) in [6.45, 7) is 0. The molecule has 0 radical (unpaired) electrons. The number of Topliss-reactive ketones (excluding diaryl/α,β-unsaturated/α-hetero) is 1. The molecule has 21 heavy (non-hydrogen) atoms. The summed E-state index contributed by atoms with van der Waals surface area (Å²) in [5.41, 5.74) is 1.65. The first kappa shape index (κ1) is 14.1. The minimum absolute atomic E-state index is 0.210. The molecular formula is C18H22N2O. The number of para-hydroxylation sites is 1. The smallest absolute Gasteiger partial charge is 0.181 e. The largest absolute Gasteiger partial charge is 0.292 e. The number of benzene rings is 1. The molecule has 0 amide bonds. The van der Waals surface area contributed by atoms with E-state index in [-0.39, 0.29) is 5.78 Å². The van der Waals surface area contributed by atoms with Crippen LogP contribution in [0.1, 0.15) is 55.4 Å². The lowest BCUT2D eigenvalue weighted by Crippen LogP contribution is -2.12. The molecule has 3 nitrogen and oxygen atoms in total. The molecule has 0 bridgehead atoms. The van der Waals surface area contributed by atoms with Crippen LogP contribution in [0.2, 0.25) is 0 Å². The van der Waals surface area contributed by atoms with Gasteiger partial charge in [-0.2, -0.15) is 5.10 Å². The van der Waals surface area contributed by atoms with Gasteiger partial charge in [-0.15, -0.1) is 0 Å². The summed E-state index contributed by atoms with van der Waals surface area (Å²) in [6.07, 6.45) is 10.0. The Morgan fingerprint density at radius 2 is 1.86 bits per heavy atom. The molecule has 3 rings (SSSR count). The Morgan fingerprint density at radius 3 is 2.62 bits per heavy atom. The maximum Gasteiger partial charge on any atom is 0.181 e. The highest BCUT2D eigenvalue weighted by molar-refractivity contribution is 5.94. The van der Waals surface area contributed by atoms with Crippen molar-refractivity contribution in [1.82, 2.24) is 9.78 Å². The second-order valence-electron chi connectivity index (χ2n) is 5.93. The Morgan fingerprint density at radius 1 is 1.10 bits per heavy atom. The average molecular weight is 282 g/mol. The normalized spacial score (nSPS) is 16.0. The number of aromatic nitrogens is 2. The summed E-state index contributed by atoms with van der Waals surface area (Å²) >= 11 is 0. The fourth-order valence-electron chi connectivity index (χ4n) is 3.23. The van der Waals surface area contributed by atoms with Gasteiger partial charge < -0.3 is 0 Å². The van der Waals surface area contributed by atoms with Crippen molar-refractivity contribution in [3.05, 3.63) is 48.3 Å². The van der Waals surface area contributed by atoms with E-state index >= 15 is 0 Å². The zero-order valence-electron chi connectivity index (χ0n) is 12.4. The lowest BCUT2D eigenvalue weighted by molar-refractivity contribution is 0.0962. The standard InChI is InChI=1S/C18H22N2O/c21-18(12-11-15-7-3-1-4-8-15)17-13-14-19-20(17)16-9-5-2-6-10-16/h2,5-6,9-10,13-15H,1,3-4,7-8,11-12H2. The Bertz CT molecular complexity index is 582. The van der Waals surface area contributed by atoms with Crippen molar-refractivity contribution in [3.63, 3.8) is 0 Å². The highest BCUT2D eigenvalue weighted by Crippen LogP contribution is 2.28. The summed E-state index contributed by atoms with van der Waals surface area (Å²) in [4.78, 5) is 12.5. The number of ketones is 1. The third-order valence-corrected chi connectivity index (χ3v) is 4.43. The van der Waals surface area contributed by atoms with Crippen molar-refractivity contribution in [2.24, 2.45) is 5.92 Å². The van der Waals surface area contributed by atoms with Crippen LogP contribution in [0.3, 0.4) is 0 Å². The maximum absolute atomic E-state index is 12.5. The topological polar surface area (TPSA) is 34.9 Å². The first-order valence-electron chi connectivity index (χ1n) is 7.97. The molecular weight excluding hydrogens is 260 g/mol. The molecule has 1 aliphatic carbocycles. The number of rotatable bonds is 5. The van der Waals surface area contributed by atoms with Gasteiger partial charge in [0.1, 0.15) is 5.69 Å². The van der Waals surface area contributed by atoms with Crippen LogP contribution in [0.4, 0.5) is 0 Å². The van der Waals surface area contributed by atoms with Gasteiger partial charge in [-0.1, -0.05) is 50.3 Å². The van der Waals surface area contributed by atoms with Crippen LogP contribution in [0.25, 0.3) is 5.69 Å². The van der Waals surface area contributed by atoms with E-state index in [0.29, 0.717) is 12.1 Å². The van der Waals surface area contributed by atoms with Crippen LogP contribution in [0.15, 0.2) is 42.6 Å². The lowest BCUT2D eigenvalue weighted by atomic mass is 9.85. The van der Waals surface area contributed by atoms with E-state index in [1.54, 1.807) is 10.9 Å². The first-order valence-corrected chi connectivity index (χ1v) is 7.97. The van der Waals surface area contributed by atoms with Gasteiger partial charge in [-0.05, 0) is 30.5 Å². The van der Waals surface area contributed by atoms with Crippen molar-refractivity contribution in [2.75, 3.05) is 0 Å². The molecule has 0 N–H and O–H groups in total. The second-order valence-corrected chi connectivity index (χ2v) is 5.93. The third kappa shape index (κ3) is 3.41. The minimum Gasteiger partial charge on any atom is -0.292 e. The van der Waals surface area contributed by atoms with Gasteiger partial charge in [0, 0.05) is 6.42 Å². The van der Waals surface area contributed by atoms with Gasteiger partial charge in [0.05, 0.1) is 11.9 Å². The van der Waals surface area contributed by atoms with Crippen molar-refractivity contribution in [1.29, 1.82) is 0 Å². The molecule has 3 heteroatoms. The fraction of sp³-hybridized carbons (Fsp3) is 0.444. The van der Waals surface area contributed by atoms with Crippen molar-refractivity contribution < 1.29 is 4.79 Å². The predicted octanol–water partition coefficient (Wildman–Crippen LogP) is 4.42. The highest BCUT2D eigenvalue weighted by Gasteiger charge is 2.18. The lowest BCUT2D eigenvalue weighted by Gasteiger charge is -2.20. The maximum atomic E-state index is 12.5. The van der Waals surface area contributed by atoms with Crippen LogP contribution >= 0.6 is 0 Å². The summed E-state index contributed by atoms with van der Waals surface area (Å²) in [6, 6.07) is 11.7. The van der Waals surface area contributed by atoms with E-state index in [1.807, 2.05) is 36.4 Å². The van der Waals surface area contributed by atoms with E-state index in [4.69, 9.17) is 0 Å². The van der Waals surface area contributed by atoms with Gasteiger partial charge in [0.25, 0.3) is 0 Å². The number of carbonyl (C=O) groups excluding carboxylic acids is 1. The van der Waals surface area contributed by atoms with Gasteiger partial charge in [-0.3, -0.25) is 4.79 Å². The van der Waals surface area contributed by atoms with E-state index < -0.39 is 0 Å². The van der Waals surface area contributed by atoms with Gasteiger partial charge in [0.15, 0.2) is 5.78 Å². The molecule has 1 aliphatic rings. The number of hydrogen-bond acceptors (Lipinski definition) is 2. The molecule has 2 aromatic rings. The molecule has 0 spiro atoms. The predicted molar refractivity (Wildman–Crippen MR) is 83.7 cm³/mol. The Hall–Kier alpha value is -1.90. The highest BCUT2D eigenvalue weighted by atomic mass is 16.1. The van der Waals surface area contributed by atoms with Crippen LogP contribution in [-0.2, 0) is 0 Å². The molecule has 0 atom stereocenters. The summed E-state index contributed by atoms with van der Waals surface area (Å²) < 4.78 is 1.75. The fourth-order valence-corrected chi connectivity index (χ4v) is 3.23. The molecule has 0 unspecified atom stereocenters. The van der Waals surface area contributed by atoms with E-state index in [0.717, 1.165) is 18.0 Å². The van der Waals surface area contributed by atoms with E-state index in [9.17, 15) is 4.79 Å². The zero-order chi connectivity index (χ0) is 14.5. The Labute approximate surface area is 126 Å². The molecule has 1 aromatic carbocycles. The molecule has 1 aromatic heterocycles. The number of nitrogens with zero attached hydrogens (tertiary/aromatic N) is 2. The van der Waals surface area contributed by atoms with Crippen molar-refractivity contribution in [2.45, 2.75) is 44.9 Å². The second kappa shape index (κ2) is 6.70.